The van der Waals surface area contributed by atoms with Crippen LogP contribution in [0.3, 0.4) is 0 Å². The normalized spacial score (nSPS) is 15.3. The Bertz CT molecular complexity index is 3880. The van der Waals surface area contributed by atoms with Crippen LogP contribution in [0.1, 0.15) is 136 Å². The molecule has 0 spiro atoms. The van der Waals surface area contributed by atoms with Gasteiger partial charge in [0.2, 0.25) is 11.7 Å². The molecule has 2 aliphatic rings. The topological polar surface area (TPSA) is 262 Å². The fourth-order valence-electron chi connectivity index (χ4n) is 10.0. The number of oxime groups is 2. The molecule has 4 aromatic carbocycles. The van der Waals surface area contributed by atoms with Crippen LogP contribution in [0.5, 0.6) is 5.88 Å². The van der Waals surface area contributed by atoms with Gasteiger partial charge in [-0.1, -0.05) is 110 Å². The first-order chi connectivity index (χ1) is 44.3. The van der Waals surface area contributed by atoms with Crippen LogP contribution in [0, 0.1) is 25.6 Å². The summed E-state index contributed by atoms with van der Waals surface area (Å²) in [6, 6.07) is 23.5. The van der Waals surface area contributed by atoms with Gasteiger partial charge in [-0.3, -0.25) is 14.4 Å². The summed E-state index contributed by atoms with van der Waals surface area (Å²) in [7, 11) is -2.75. The lowest BCUT2D eigenvalue weighted by molar-refractivity contribution is -0.142. The van der Waals surface area contributed by atoms with Gasteiger partial charge in [-0.05, 0) is 95.0 Å². The summed E-state index contributed by atoms with van der Waals surface area (Å²) in [5.74, 6) is -2.25. The van der Waals surface area contributed by atoms with Crippen LogP contribution < -0.4 is 5.69 Å². The second-order valence-corrected chi connectivity index (χ2v) is 25.9. The molecule has 0 amide bonds. The third-order valence-electron chi connectivity index (χ3n) is 14.3. The zero-order valence-electron chi connectivity index (χ0n) is 53.1. The number of aliphatic hydroxyl groups is 1. The fraction of sp³-hybridized carbons (Fsp3) is 0.422. The smallest absolute Gasteiger partial charge is 0.416 e. The molecule has 2 N–H and O–H groups in total. The van der Waals surface area contributed by atoms with E-state index in [4.69, 9.17) is 42.4 Å². The van der Waals surface area contributed by atoms with Crippen molar-refractivity contribution in [1.82, 2.24) is 24.1 Å². The molecule has 0 fully saturated rings. The Morgan fingerprint density at radius 1 is 0.894 bits per heavy atom. The average Bonchev–Trinajstić information content (AvgIpc) is 1.56. The highest BCUT2D eigenvalue weighted by molar-refractivity contribution is 7.99. The van der Waals surface area contributed by atoms with E-state index in [1.54, 1.807) is 13.8 Å². The molecule has 94 heavy (non-hydrogen) atoms. The van der Waals surface area contributed by atoms with Crippen LogP contribution in [0.4, 0.5) is 26.3 Å². The second-order valence-electron chi connectivity index (χ2n) is 21.2. The number of Topliss-reactive ketones (excluding diaryl/α,β-unsaturated/α-hetero) is 1. The lowest BCUT2D eigenvalue weighted by atomic mass is 9.82. The maximum absolute atomic E-state index is 14.2. The minimum Gasteiger partial charge on any atom is -0.511 e. The molecule has 510 valence electrons. The van der Waals surface area contributed by atoms with Crippen LogP contribution in [0.2, 0.25) is 5.02 Å². The molecule has 0 saturated heterocycles. The number of thioether (sulfide) groups is 1. The highest BCUT2D eigenvalue weighted by Crippen LogP contribution is 2.42. The van der Waals surface area contributed by atoms with E-state index in [0.29, 0.717) is 84.2 Å². The number of sulfone groups is 1. The molecule has 8 rings (SSSR count). The molecule has 20 nitrogen and oxygen atoms in total. The number of carbonyl (C=O) groups excluding carboxylic acids is 4. The highest BCUT2D eigenvalue weighted by atomic mass is 35.5. The quantitative estimate of drug-likeness (QED) is 0.0160. The summed E-state index contributed by atoms with van der Waals surface area (Å²) in [6.07, 6.45) is -0.250. The van der Waals surface area contributed by atoms with E-state index >= 15 is 0 Å². The minimum atomic E-state index is -4.76. The number of rotatable bonds is 22. The number of carbonyl (C=O) groups is 4. The summed E-state index contributed by atoms with van der Waals surface area (Å²) in [5.41, 5.74) is -0.684. The molecule has 0 saturated carbocycles. The number of allylic oxidation sites excluding steroid dienone is 2. The van der Waals surface area contributed by atoms with Crippen molar-refractivity contribution in [3.63, 3.8) is 0 Å². The predicted octanol–water partition coefficient (Wildman–Crippen LogP) is 13.1. The maximum atomic E-state index is 14.2. The Hall–Kier alpha value is -7.95. The van der Waals surface area contributed by atoms with E-state index < -0.39 is 84.7 Å². The third kappa shape index (κ3) is 19.6. The Labute approximate surface area is 553 Å². The van der Waals surface area contributed by atoms with Gasteiger partial charge in [0.25, 0.3) is 0 Å². The number of alkyl halides is 6. The van der Waals surface area contributed by atoms with E-state index in [0.717, 1.165) is 52.6 Å². The van der Waals surface area contributed by atoms with Crippen LogP contribution in [-0.2, 0) is 68.6 Å². The molecule has 2 aromatic heterocycles. The van der Waals surface area contributed by atoms with Crippen LogP contribution in [-0.4, -0.2) is 120 Å². The number of aryl methyl sites for hydroxylation is 3. The zero-order valence-corrected chi connectivity index (χ0v) is 56.2. The number of benzene rings is 4. The van der Waals surface area contributed by atoms with Gasteiger partial charge in [-0.25, -0.2) is 31.6 Å². The van der Waals surface area contributed by atoms with Crippen molar-refractivity contribution in [3.05, 3.63) is 169 Å². The van der Waals surface area contributed by atoms with Crippen molar-refractivity contribution in [2.75, 3.05) is 31.8 Å². The standard InChI is InChI=1S/C18H17NO3.C17H29NO3S.C15H14Cl2F3N3O3.C14H13F3N2O4S/c1-2-21-17(20)16-13-18(22-19-16,14-9-5-3-6-10-14)15-11-7-4-8-12-15;1-5-8-14(18-21-6-2)17-15(19)10-13(11-16(17)20)9-12(4)22-7-3;1-3-26-13(24)10(17)4-8-5-12(11(18)6-9(8)16)23-15(25)22(14(19)20)7(2)21-23;1-7-11(13(21)19(2)18-7)12(20)9-5-4-8(14(15,16)17)6-10(9)24(3,22)23/h3-12H,2,13H2,1H3;12-13,19H,5-11H2,1-4H3;5-6,10,14H,3-4H2,1-2H3;4-6,21H,1-3H3/b;18-14+;;. The summed E-state index contributed by atoms with van der Waals surface area (Å²) >= 11 is 13.8. The number of aromatic hydroxyl groups is 1. The van der Waals surface area contributed by atoms with Gasteiger partial charge in [0.05, 0.1) is 47.1 Å². The van der Waals surface area contributed by atoms with Gasteiger partial charge < -0.3 is 29.4 Å². The number of hydrogen-bond acceptors (Lipinski definition) is 18. The number of ether oxygens (including phenoxy) is 2. The molecule has 6 aromatic rings. The number of hydrogen-bond donors (Lipinski definition) is 2. The van der Waals surface area contributed by atoms with Crippen molar-refractivity contribution < 1.29 is 83.3 Å². The molecule has 3 heterocycles. The minimum absolute atomic E-state index is 0.00866. The summed E-state index contributed by atoms with van der Waals surface area (Å²) in [5, 5.41) is 35.2. The Kier molecular flexibility index (Phi) is 28.1. The fourth-order valence-corrected chi connectivity index (χ4v) is 12.4. The molecule has 3 atom stereocenters. The van der Waals surface area contributed by atoms with Gasteiger partial charge in [-0.15, -0.1) is 16.7 Å². The SMILES string of the molecule is CCC/C(=N\OCC)C1=C(O)CC(CC(C)SCC)CC1=O.CCOC(=O)C(Cl)Cc1cc(-n2nc(C)n(C(F)F)c2=O)c(F)cc1Cl.CCOC(=O)C1=NOC(c2ccccc2)(c2ccccc2)C1.Cc1nn(C)c(O)c1C(=O)c1ccc(C(F)(F)F)cc1S(C)(=O)=O. The Morgan fingerprint density at radius 2 is 1.51 bits per heavy atom. The second kappa shape index (κ2) is 34.5. The molecule has 0 radical (unpaired) electrons. The largest absolute Gasteiger partial charge is 0.511 e. The lowest BCUT2D eigenvalue weighted by Crippen LogP contribution is -2.29. The van der Waals surface area contributed by atoms with Gasteiger partial charge in [0.15, 0.2) is 32.8 Å². The molecule has 30 heteroatoms. The summed E-state index contributed by atoms with van der Waals surface area (Å²) in [6.45, 7) is 12.0. The monoisotopic (exact) mass is 1400 g/mol. The number of halogens is 8. The third-order valence-corrected chi connectivity index (χ3v) is 17.2. The van der Waals surface area contributed by atoms with E-state index in [1.807, 2.05) is 86.3 Å². The zero-order chi connectivity index (χ0) is 70.0. The van der Waals surface area contributed by atoms with Crippen molar-refractivity contribution in [2.24, 2.45) is 23.3 Å². The van der Waals surface area contributed by atoms with Crippen LogP contribution in [0.25, 0.3) is 5.69 Å². The first kappa shape index (κ1) is 76.8. The Balaban J connectivity index is 0.000000228. The van der Waals surface area contributed by atoms with Gasteiger partial charge in [0, 0.05) is 59.5 Å². The molecule has 0 bridgehead atoms. The predicted molar refractivity (Wildman–Crippen MR) is 343 cm³/mol. The summed E-state index contributed by atoms with van der Waals surface area (Å²) in [4.78, 5) is 70.8. The molecular formula is C64H73Cl2F6N7O13S2. The van der Waals surface area contributed by atoms with Crippen molar-refractivity contribution in [2.45, 2.75) is 134 Å². The molecule has 1 aliphatic carbocycles. The Morgan fingerprint density at radius 3 is 2.01 bits per heavy atom. The van der Waals surface area contributed by atoms with Crippen LogP contribution in [0.15, 0.2) is 122 Å². The van der Waals surface area contributed by atoms with E-state index in [2.05, 4.69) is 34.4 Å². The number of nitrogens with zero attached hydrogens (tertiary/aromatic N) is 7. The van der Waals surface area contributed by atoms with Crippen molar-refractivity contribution >= 4 is 79.7 Å². The van der Waals surface area contributed by atoms with Gasteiger partial charge in [-0.2, -0.15) is 43.5 Å². The highest BCUT2D eigenvalue weighted by Gasteiger charge is 2.45. The molecular weight excluding hydrogens is 1320 g/mol. The number of esters is 2. The lowest BCUT2D eigenvalue weighted by Gasteiger charge is -2.27. The number of ketones is 2. The van der Waals surface area contributed by atoms with Crippen LogP contribution >= 0.6 is 35.0 Å². The summed E-state index contributed by atoms with van der Waals surface area (Å²) < 4.78 is 114. The van der Waals surface area contributed by atoms with Gasteiger partial charge >= 0.3 is 30.4 Å². The number of aromatic nitrogens is 5. The van der Waals surface area contributed by atoms with E-state index in [1.165, 1.54) is 20.9 Å². The first-order valence-corrected chi connectivity index (χ1v) is 33.3. The average molecular weight is 1400 g/mol. The van der Waals surface area contributed by atoms with Crippen molar-refractivity contribution in [1.29, 1.82) is 0 Å². The van der Waals surface area contributed by atoms with E-state index in [-0.39, 0.29) is 68.4 Å². The molecule has 3 unspecified atom stereocenters. The van der Waals surface area contributed by atoms with E-state index in [9.17, 15) is 68.9 Å². The molecule has 1 aliphatic heterocycles. The maximum Gasteiger partial charge on any atom is 0.416 e. The van der Waals surface area contributed by atoms with Gasteiger partial charge in [0.1, 0.15) is 34.8 Å². The first-order valence-electron chi connectivity index (χ1n) is 29.5. The van der Waals surface area contributed by atoms with Crippen molar-refractivity contribution in [3.8, 4) is 11.6 Å². The number of aliphatic hydroxyl groups excluding tert-OH is 1.